The molecule has 1 amide bonds. The molecule has 1 fully saturated rings. The summed E-state index contributed by atoms with van der Waals surface area (Å²) in [6.45, 7) is 3.98. The van der Waals surface area contributed by atoms with E-state index >= 15 is 0 Å². The van der Waals surface area contributed by atoms with E-state index in [2.05, 4.69) is 25.3 Å². The van der Waals surface area contributed by atoms with Crippen molar-refractivity contribution in [3.05, 3.63) is 41.3 Å². The maximum atomic E-state index is 12.4. The van der Waals surface area contributed by atoms with E-state index in [0.29, 0.717) is 16.4 Å². The van der Waals surface area contributed by atoms with Crippen LogP contribution >= 0.6 is 11.6 Å². The molecule has 4 rings (SSSR count). The Hall–Kier alpha value is -2.67. The van der Waals surface area contributed by atoms with Crippen molar-refractivity contribution < 1.29 is 4.79 Å². The number of hydrogen-bond donors (Lipinski definition) is 1. The lowest BCUT2D eigenvalue weighted by molar-refractivity contribution is -0.116. The molecule has 0 spiro atoms. The Morgan fingerprint density at radius 1 is 1.27 bits per heavy atom. The second-order valence-electron chi connectivity index (χ2n) is 6.44. The number of rotatable bonds is 4. The van der Waals surface area contributed by atoms with Crippen molar-refractivity contribution in [2.75, 3.05) is 23.3 Å². The summed E-state index contributed by atoms with van der Waals surface area (Å²) in [4.78, 5) is 23.4. The molecule has 7 nitrogen and oxygen atoms in total. The summed E-state index contributed by atoms with van der Waals surface area (Å²) in [7, 11) is 0. The van der Waals surface area contributed by atoms with Crippen LogP contribution in [0.5, 0.6) is 0 Å². The lowest BCUT2D eigenvalue weighted by Gasteiger charge is -2.16. The molecule has 1 saturated heterocycles. The lowest BCUT2D eigenvalue weighted by Crippen LogP contribution is -2.20. The number of aryl methyl sites for hydroxylation is 1. The topological polar surface area (TPSA) is 75.9 Å². The minimum absolute atomic E-state index is 0.0749. The van der Waals surface area contributed by atoms with E-state index in [1.54, 1.807) is 16.9 Å². The van der Waals surface area contributed by atoms with Gasteiger partial charge in [-0.15, -0.1) is 0 Å². The molecule has 1 aliphatic rings. The zero-order chi connectivity index (χ0) is 18.1. The van der Waals surface area contributed by atoms with Crippen molar-refractivity contribution in [1.29, 1.82) is 0 Å². The van der Waals surface area contributed by atoms with Crippen molar-refractivity contribution in [2.45, 2.75) is 26.3 Å². The maximum Gasteiger partial charge on any atom is 0.246 e. The molecule has 1 aromatic carbocycles. The van der Waals surface area contributed by atoms with E-state index in [0.717, 1.165) is 29.9 Å². The van der Waals surface area contributed by atoms with E-state index in [9.17, 15) is 4.79 Å². The zero-order valence-corrected chi connectivity index (χ0v) is 15.2. The molecular weight excluding hydrogens is 352 g/mol. The molecule has 1 aliphatic heterocycles. The van der Waals surface area contributed by atoms with Gasteiger partial charge in [0.2, 0.25) is 5.91 Å². The number of carbonyl (C=O) groups excluding carboxylic acids is 1. The van der Waals surface area contributed by atoms with Crippen molar-refractivity contribution in [3.8, 4) is 0 Å². The van der Waals surface area contributed by atoms with E-state index in [-0.39, 0.29) is 12.5 Å². The SMILES string of the molecule is Cc1ccc(NC(=O)Cn2ncc3c(N4CCCC4)ncnc32)cc1Cl. The Bertz CT molecular complexity index is 963. The molecule has 1 N–H and O–H groups in total. The van der Waals surface area contributed by atoms with Crippen LogP contribution in [0.2, 0.25) is 5.02 Å². The average Bonchev–Trinajstić information content (AvgIpc) is 3.28. The van der Waals surface area contributed by atoms with Crippen LogP contribution in [0.15, 0.2) is 30.7 Å². The Morgan fingerprint density at radius 2 is 2.08 bits per heavy atom. The Labute approximate surface area is 156 Å². The number of hydrogen-bond acceptors (Lipinski definition) is 5. The van der Waals surface area contributed by atoms with E-state index in [1.165, 1.54) is 19.2 Å². The highest BCUT2D eigenvalue weighted by Crippen LogP contribution is 2.25. The third kappa shape index (κ3) is 3.22. The van der Waals surface area contributed by atoms with Crippen LogP contribution in [0.1, 0.15) is 18.4 Å². The van der Waals surface area contributed by atoms with Crippen molar-refractivity contribution in [3.63, 3.8) is 0 Å². The quantitative estimate of drug-likeness (QED) is 0.764. The summed E-state index contributed by atoms with van der Waals surface area (Å²) in [6.07, 6.45) is 5.60. The van der Waals surface area contributed by atoms with Crippen LogP contribution in [0.3, 0.4) is 0 Å². The van der Waals surface area contributed by atoms with Crippen LogP contribution in [0.4, 0.5) is 11.5 Å². The number of aromatic nitrogens is 4. The van der Waals surface area contributed by atoms with Gasteiger partial charge < -0.3 is 10.2 Å². The lowest BCUT2D eigenvalue weighted by atomic mass is 10.2. The van der Waals surface area contributed by atoms with Gasteiger partial charge in [0.05, 0.1) is 11.6 Å². The number of carbonyl (C=O) groups is 1. The molecule has 0 bridgehead atoms. The van der Waals surface area contributed by atoms with Crippen molar-refractivity contribution in [1.82, 2.24) is 19.7 Å². The fraction of sp³-hybridized carbons (Fsp3) is 0.333. The van der Waals surface area contributed by atoms with Crippen LogP contribution < -0.4 is 10.2 Å². The largest absolute Gasteiger partial charge is 0.356 e. The summed E-state index contributed by atoms with van der Waals surface area (Å²) in [5.41, 5.74) is 2.29. The molecule has 8 heteroatoms. The fourth-order valence-corrected chi connectivity index (χ4v) is 3.36. The molecule has 0 aliphatic carbocycles. The third-order valence-corrected chi connectivity index (χ3v) is 4.97. The summed E-state index contributed by atoms with van der Waals surface area (Å²) >= 11 is 6.11. The first kappa shape index (κ1) is 16.8. The second kappa shape index (κ2) is 6.92. The standard InChI is InChI=1S/C18H19ClN6O/c1-12-4-5-13(8-15(12)19)23-16(26)10-25-18-14(9-22-25)17(20-11-21-18)24-6-2-3-7-24/h4-5,8-9,11H,2-3,6-7,10H2,1H3,(H,23,26). The predicted molar refractivity (Wildman–Crippen MR) is 102 cm³/mol. The molecule has 2 aromatic heterocycles. The zero-order valence-electron chi connectivity index (χ0n) is 14.4. The molecule has 0 unspecified atom stereocenters. The van der Waals surface area contributed by atoms with Gasteiger partial charge in [-0.05, 0) is 37.5 Å². The Balaban J connectivity index is 1.54. The fourth-order valence-electron chi connectivity index (χ4n) is 3.18. The average molecular weight is 371 g/mol. The second-order valence-corrected chi connectivity index (χ2v) is 6.85. The number of fused-ring (bicyclic) bond motifs is 1. The molecule has 3 heterocycles. The highest BCUT2D eigenvalue weighted by molar-refractivity contribution is 6.31. The van der Waals surface area contributed by atoms with Crippen LogP contribution in [-0.4, -0.2) is 38.7 Å². The van der Waals surface area contributed by atoms with Crippen LogP contribution in [0.25, 0.3) is 11.0 Å². The summed E-state index contributed by atoms with van der Waals surface area (Å²) in [5.74, 6) is 0.709. The monoisotopic (exact) mass is 370 g/mol. The van der Waals surface area contributed by atoms with Gasteiger partial charge in [-0.3, -0.25) is 4.79 Å². The predicted octanol–water partition coefficient (Wildman–Crippen LogP) is 3.03. The molecule has 3 aromatic rings. The molecule has 0 radical (unpaired) electrons. The number of amides is 1. The van der Waals surface area contributed by atoms with E-state index in [4.69, 9.17) is 11.6 Å². The minimum atomic E-state index is -0.184. The van der Waals surface area contributed by atoms with E-state index < -0.39 is 0 Å². The van der Waals surface area contributed by atoms with Gasteiger partial charge in [-0.25, -0.2) is 14.6 Å². The first-order valence-electron chi connectivity index (χ1n) is 8.59. The number of benzene rings is 1. The third-order valence-electron chi connectivity index (χ3n) is 4.57. The molecule has 134 valence electrons. The van der Waals surface area contributed by atoms with Gasteiger partial charge in [-0.2, -0.15) is 5.10 Å². The Morgan fingerprint density at radius 3 is 2.85 bits per heavy atom. The molecule has 26 heavy (non-hydrogen) atoms. The number of halogens is 1. The van der Waals surface area contributed by atoms with Gasteiger partial charge in [0.15, 0.2) is 5.65 Å². The summed E-state index contributed by atoms with van der Waals surface area (Å²) < 4.78 is 1.60. The van der Waals surface area contributed by atoms with Gasteiger partial charge in [0.25, 0.3) is 0 Å². The van der Waals surface area contributed by atoms with Crippen LogP contribution in [0, 0.1) is 6.92 Å². The highest BCUT2D eigenvalue weighted by atomic mass is 35.5. The number of nitrogens with zero attached hydrogens (tertiary/aromatic N) is 5. The highest BCUT2D eigenvalue weighted by Gasteiger charge is 2.19. The van der Waals surface area contributed by atoms with Crippen molar-refractivity contribution >= 4 is 40.0 Å². The first-order chi connectivity index (χ1) is 12.6. The van der Waals surface area contributed by atoms with Crippen LogP contribution in [-0.2, 0) is 11.3 Å². The van der Waals surface area contributed by atoms with Gasteiger partial charge in [0.1, 0.15) is 18.7 Å². The van der Waals surface area contributed by atoms with Gasteiger partial charge >= 0.3 is 0 Å². The number of anilines is 2. The minimum Gasteiger partial charge on any atom is -0.356 e. The first-order valence-corrected chi connectivity index (χ1v) is 8.97. The number of nitrogens with one attached hydrogen (secondary N) is 1. The van der Waals surface area contributed by atoms with Gasteiger partial charge in [-0.1, -0.05) is 17.7 Å². The summed E-state index contributed by atoms with van der Waals surface area (Å²) in [5, 5.41) is 8.68. The molecule has 0 atom stereocenters. The van der Waals surface area contributed by atoms with E-state index in [1.807, 2.05) is 19.1 Å². The molecular formula is C18H19ClN6O. The van der Waals surface area contributed by atoms with Crippen molar-refractivity contribution in [2.24, 2.45) is 0 Å². The van der Waals surface area contributed by atoms with Gasteiger partial charge in [0, 0.05) is 23.8 Å². The molecule has 0 saturated carbocycles. The normalized spacial score (nSPS) is 14.2. The smallest absolute Gasteiger partial charge is 0.246 e. The maximum absolute atomic E-state index is 12.4. The summed E-state index contributed by atoms with van der Waals surface area (Å²) in [6, 6.07) is 5.44. The Kier molecular flexibility index (Phi) is 4.46.